The minimum atomic E-state index is 0.292. The molecule has 1 aliphatic carbocycles. The van der Waals surface area contributed by atoms with Gasteiger partial charge < -0.3 is 10.1 Å². The van der Waals surface area contributed by atoms with Crippen LogP contribution in [0.2, 0.25) is 0 Å². The Morgan fingerprint density at radius 1 is 1.36 bits per heavy atom. The Kier molecular flexibility index (Phi) is 1.82. The number of hydrogen-bond acceptors (Lipinski definition) is 2. The number of nitrogens with one attached hydrogen (secondary N) is 1. The molecule has 1 N–H and O–H groups in total. The first kappa shape index (κ1) is 7.10. The Labute approximate surface area is 66.1 Å². The first-order valence-electron chi connectivity index (χ1n) is 4.23. The van der Waals surface area contributed by atoms with Crippen molar-refractivity contribution in [2.45, 2.75) is 31.4 Å². The fourth-order valence-corrected chi connectivity index (χ4v) is 1.77. The van der Waals surface area contributed by atoms with E-state index in [4.69, 9.17) is 4.74 Å². The molecule has 62 valence electrons. The van der Waals surface area contributed by atoms with Gasteiger partial charge in [-0.2, -0.15) is 0 Å². The maximum atomic E-state index is 10.2. The van der Waals surface area contributed by atoms with Gasteiger partial charge in [0.25, 0.3) is 0 Å². The molecule has 2 aliphatic rings. The third-order valence-electron chi connectivity index (χ3n) is 2.50. The molecule has 0 aromatic heterocycles. The Balaban J connectivity index is 1.90. The number of ether oxygens (including phenoxy) is 1. The molecule has 0 aromatic rings. The number of carbonyl (C=O) groups excluding carboxylic acids is 1. The van der Waals surface area contributed by atoms with E-state index >= 15 is 0 Å². The van der Waals surface area contributed by atoms with E-state index in [1.165, 1.54) is 12.8 Å². The summed E-state index contributed by atoms with van der Waals surface area (Å²) in [5.74, 6) is 0.731. The molecule has 1 saturated heterocycles. The molecule has 2 unspecified atom stereocenters. The molecule has 2 atom stereocenters. The predicted molar refractivity (Wildman–Crippen MR) is 40.1 cm³/mol. The van der Waals surface area contributed by atoms with Crippen molar-refractivity contribution in [1.29, 1.82) is 0 Å². The lowest BCUT2D eigenvalue weighted by molar-refractivity contribution is -0.110. The van der Waals surface area contributed by atoms with Crippen LogP contribution in [0.25, 0.3) is 0 Å². The normalized spacial score (nSPS) is 37.1. The summed E-state index contributed by atoms with van der Waals surface area (Å²) in [7, 11) is 0. The lowest BCUT2D eigenvalue weighted by atomic mass is 10.1. The van der Waals surface area contributed by atoms with E-state index in [0.29, 0.717) is 12.1 Å². The molecule has 3 heteroatoms. The SMILES string of the molecule is O=CNC1CCOC1C1CC1. The highest BCUT2D eigenvalue weighted by molar-refractivity contribution is 5.47. The van der Waals surface area contributed by atoms with E-state index in [2.05, 4.69) is 5.32 Å². The van der Waals surface area contributed by atoms with Crippen LogP contribution < -0.4 is 5.32 Å². The summed E-state index contributed by atoms with van der Waals surface area (Å²) < 4.78 is 5.52. The molecular formula is C8H13NO2. The summed E-state index contributed by atoms with van der Waals surface area (Å²) in [6.45, 7) is 0.812. The monoisotopic (exact) mass is 155 g/mol. The molecule has 1 aliphatic heterocycles. The summed E-state index contributed by atoms with van der Waals surface area (Å²) in [5.41, 5.74) is 0. The molecule has 0 spiro atoms. The zero-order valence-electron chi connectivity index (χ0n) is 6.45. The van der Waals surface area contributed by atoms with Gasteiger partial charge in [-0.1, -0.05) is 0 Å². The van der Waals surface area contributed by atoms with Crippen LogP contribution in [0.1, 0.15) is 19.3 Å². The van der Waals surface area contributed by atoms with Crippen molar-refractivity contribution in [3.63, 3.8) is 0 Å². The lowest BCUT2D eigenvalue weighted by Crippen LogP contribution is -2.36. The molecule has 2 rings (SSSR count). The van der Waals surface area contributed by atoms with Crippen molar-refractivity contribution in [1.82, 2.24) is 5.32 Å². The van der Waals surface area contributed by atoms with Gasteiger partial charge in [0.1, 0.15) is 0 Å². The van der Waals surface area contributed by atoms with Crippen molar-refractivity contribution < 1.29 is 9.53 Å². The van der Waals surface area contributed by atoms with Crippen LogP contribution in [-0.2, 0) is 9.53 Å². The average Bonchev–Trinajstić information content (AvgIpc) is 2.75. The summed E-state index contributed by atoms with van der Waals surface area (Å²) in [6, 6.07) is 0.292. The summed E-state index contributed by atoms with van der Waals surface area (Å²) in [6.07, 6.45) is 4.65. The lowest BCUT2D eigenvalue weighted by Gasteiger charge is -2.16. The standard InChI is InChI=1S/C8H13NO2/c10-5-9-7-3-4-11-8(7)6-1-2-6/h5-8H,1-4H2,(H,9,10). The maximum Gasteiger partial charge on any atom is 0.207 e. The van der Waals surface area contributed by atoms with E-state index < -0.39 is 0 Å². The Bertz CT molecular complexity index is 156. The van der Waals surface area contributed by atoms with Gasteiger partial charge in [0.15, 0.2) is 0 Å². The summed E-state index contributed by atoms with van der Waals surface area (Å²) in [4.78, 5) is 10.2. The second kappa shape index (κ2) is 2.81. The van der Waals surface area contributed by atoms with E-state index in [1.807, 2.05) is 0 Å². The van der Waals surface area contributed by atoms with Crippen LogP contribution in [0.4, 0.5) is 0 Å². The zero-order chi connectivity index (χ0) is 7.68. The highest BCUT2D eigenvalue weighted by atomic mass is 16.5. The highest BCUT2D eigenvalue weighted by Gasteiger charge is 2.40. The summed E-state index contributed by atoms with van der Waals surface area (Å²) >= 11 is 0. The van der Waals surface area contributed by atoms with Crippen molar-refractivity contribution in [2.24, 2.45) is 5.92 Å². The fourth-order valence-electron chi connectivity index (χ4n) is 1.77. The molecule has 1 saturated carbocycles. The van der Waals surface area contributed by atoms with Gasteiger partial charge in [-0.15, -0.1) is 0 Å². The quantitative estimate of drug-likeness (QED) is 0.595. The van der Waals surface area contributed by atoms with E-state index in [1.54, 1.807) is 0 Å². The van der Waals surface area contributed by atoms with Crippen molar-refractivity contribution in [3.05, 3.63) is 0 Å². The van der Waals surface area contributed by atoms with Crippen LogP contribution in [-0.4, -0.2) is 25.2 Å². The molecule has 11 heavy (non-hydrogen) atoms. The van der Waals surface area contributed by atoms with Gasteiger partial charge >= 0.3 is 0 Å². The van der Waals surface area contributed by atoms with Crippen molar-refractivity contribution in [2.75, 3.05) is 6.61 Å². The largest absolute Gasteiger partial charge is 0.376 e. The highest BCUT2D eigenvalue weighted by Crippen LogP contribution is 2.38. The van der Waals surface area contributed by atoms with Gasteiger partial charge in [-0.25, -0.2) is 0 Å². The Hall–Kier alpha value is -0.570. The Morgan fingerprint density at radius 3 is 2.82 bits per heavy atom. The van der Waals surface area contributed by atoms with Gasteiger partial charge in [0.05, 0.1) is 12.1 Å². The molecular weight excluding hydrogens is 142 g/mol. The molecule has 1 heterocycles. The fraction of sp³-hybridized carbons (Fsp3) is 0.875. The van der Waals surface area contributed by atoms with Crippen molar-refractivity contribution >= 4 is 6.41 Å². The maximum absolute atomic E-state index is 10.2. The van der Waals surface area contributed by atoms with E-state index in [9.17, 15) is 4.79 Å². The number of hydrogen-bond donors (Lipinski definition) is 1. The molecule has 0 aromatic carbocycles. The van der Waals surface area contributed by atoms with E-state index in [-0.39, 0.29) is 0 Å². The van der Waals surface area contributed by atoms with Gasteiger partial charge in [0, 0.05) is 6.61 Å². The van der Waals surface area contributed by atoms with Crippen LogP contribution >= 0.6 is 0 Å². The first-order chi connectivity index (χ1) is 5.42. The van der Waals surface area contributed by atoms with E-state index in [0.717, 1.165) is 25.4 Å². The molecule has 1 amide bonds. The second-order valence-corrected chi connectivity index (χ2v) is 3.35. The third kappa shape index (κ3) is 1.38. The van der Waals surface area contributed by atoms with Gasteiger partial charge in [-0.05, 0) is 25.2 Å². The average molecular weight is 155 g/mol. The summed E-state index contributed by atoms with van der Waals surface area (Å²) in [5, 5.41) is 2.81. The third-order valence-corrected chi connectivity index (χ3v) is 2.50. The van der Waals surface area contributed by atoms with Crippen LogP contribution in [0, 0.1) is 5.92 Å². The van der Waals surface area contributed by atoms with Crippen LogP contribution in [0.5, 0.6) is 0 Å². The number of carbonyl (C=O) groups is 1. The first-order valence-corrected chi connectivity index (χ1v) is 4.23. The minimum Gasteiger partial charge on any atom is -0.376 e. The van der Waals surface area contributed by atoms with Gasteiger partial charge in [-0.3, -0.25) is 4.79 Å². The number of amides is 1. The smallest absolute Gasteiger partial charge is 0.207 e. The van der Waals surface area contributed by atoms with Crippen LogP contribution in [0.15, 0.2) is 0 Å². The zero-order valence-corrected chi connectivity index (χ0v) is 6.45. The van der Waals surface area contributed by atoms with Gasteiger partial charge in [0.2, 0.25) is 6.41 Å². The molecule has 3 nitrogen and oxygen atoms in total. The predicted octanol–water partition coefficient (Wildman–Crippen LogP) is 0.300. The molecule has 0 bridgehead atoms. The Morgan fingerprint density at radius 2 is 2.18 bits per heavy atom. The second-order valence-electron chi connectivity index (χ2n) is 3.35. The molecule has 0 radical (unpaired) electrons. The molecule has 2 fully saturated rings. The van der Waals surface area contributed by atoms with Crippen molar-refractivity contribution in [3.8, 4) is 0 Å². The minimum absolute atomic E-state index is 0.292. The number of rotatable bonds is 3. The van der Waals surface area contributed by atoms with Crippen LogP contribution in [0.3, 0.4) is 0 Å². The topological polar surface area (TPSA) is 38.3 Å².